The van der Waals surface area contributed by atoms with Crippen molar-refractivity contribution in [1.29, 1.82) is 0 Å². The second-order valence-corrected chi connectivity index (χ2v) is 8.26. The Morgan fingerprint density at radius 3 is 2.95 bits per heavy atom. The largest absolute Gasteiger partial charge is 0.377 e. The van der Waals surface area contributed by atoms with Crippen LogP contribution < -0.4 is 5.32 Å². The molecule has 3 fully saturated rings. The Hall–Kier alpha value is -0.450. The highest BCUT2D eigenvalue weighted by molar-refractivity contribution is 7.09. The summed E-state index contributed by atoms with van der Waals surface area (Å²) < 4.78 is 6.05. The predicted molar refractivity (Wildman–Crippen MR) is 85.6 cm³/mol. The minimum Gasteiger partial charge on any atom is -0.377 e. The lowest BCUT2D eigenvalue weighted by atomic mass is 9.54. The van der Waals surface area contributed by atoms with Crippen molar-refractivity contribution in [1.82, 2.24) is 10.3 Å². The Morgan fingerprint density at radius 2 is 2.24 bits per heavy atom. The molecule has 3 aliphatic rings. The Kier molecular flexibility index (Phi) is 3.59. The number of nitrogens with one attached hydrogen (secondary N) is 1. The van der Waals surface area contributed by atoms with E-state index in [4.69, 9.17) is 9.72 Å². The number of hydrogen-bond acceptors (Lipinski definition) is 4. The quantitative estimate of drug-likeness (QED) is 0.921. The molecule has 3 atom stereocenters. The van der Waals surface area contributed by atoms with Crippen LogP contribution in [-0.4, -0.2) is 23.7 Å². The zero-order valence-electron chi connectivity index (χ0n) is 13.1. The third-order valence-electron chi connectivity index (χ3n) is 5.85. The molecular weight excluding hydrogens is 280 g/mol. The smallest absolute Gasteiger partial charge is 0.0954 e. The molecule has 1 spiro atoms. The lowest BCUT2D eigenvalue weighted by molar-refractivity contribution is -0.131. The lowest BCUT2D eigenvalue weighted by Crippen LogP contribution is -2.67. The highest BCUT2D eigenvalue weighted by Crippen LogP contribution is 2.60. The van der Waals surface area contributed by atoms with Gasteiger partial charge in [0.05, 0.1) is 16.8 Å². The van der Waals surface area contributed by atoms with Crippen molar-refractivity contribution >= 4 is 11.3 Å². The molecule has 4 rings (SSSR count). The van der Waals surface area contributed by atoms with Crippen LogP contribution in [0.5, 0.6) is 0 Å². The molecule has 0 radical (unpaired) electrons. The van der Waals surface area contributed by atoms with E-state index >= 15 is 0 Å². The molecule has 1 N–H and O–H groups in total. The SMILES string of the molecule is CC(C)c1nc(CNC2C3CCOC3C23CCCC3)cs1. The predicted octanol–water partition coefficient (Wildman–Crippen LogP) is 3.70. The lowest BCUT2D eigenvalue weighted by Gasteiger charge is -2.57. The van der Waals surface area contributed by atoms with Crippen molar-refractivity contribution in [3.05, 3.63) is 16.1 Å². The van der Waals surface area contributed by atoms with Gasteiger partial charge in [0.2, 0.25) is 0 Å². The van der Waals surface area contributed by atoms with Gasteiger partial charge in [-0.25, -0.2) is 4.98 Å². The van der Waals surface area contributed by atoms with Crippen LogP contribution in [0.3, 0.4) is 0 Å². The molecule has 116 valence electrons. The Bertz CT molecular complexity index is 507. The summed E-state index contributed by atoms with van der Waals surface area (Å²) in [6.45, 7) is 6.34. The number of thiazole rings is 1. The molecule has 4 heteroatoms. The molecule has 1 aromatic rings. The van der Waals surface area contributed by atoms with Crippen molar-refractivity contribution in [2.24, 2.45) is 11.3 Å². The van der Waals surface area contributed by atoms with Crippen LogP contribution in [0.1, 0.15) is 62.6 Å². The van der Waals surface area contributed by atoms with E-state index in [0.29, 0.717) is 23.5 Å². The molecule has 1 aromatic heterocycles. The Labute approximate surface area is 131 Å². The van der Waals surface area contributed by atoms with Gasteiger partial charge in [0.15, 0.2) is 0 Å². The first kappa shape index (κ1) is 14.2. The molecule has 21 heavy (non-hydrogen) atoms. The topological polar surface area (TPSA) is 34.2 Å². The maximum atomic E-state index is 6.05. The minimum absolute atomic E-state index is 0.456. The molecule has 2 aliphatic carbocycles. The summed E-state index contributed by atoms with van der Waals surface area (Å²) in [5.74, 6) is 1.30. The number of hydrogen-bond donors (Lipinski definition) is 1. The standard InChI is InChI=1S/C17H26N2OS/c1-11(2)16-19-12(10-21-16)9-18-14-13-5-8-20-15(13)17(14)6-3-4-7-17/h10-11,13-15,18H,3-9H2,1-2H3. The van der Waals surface area contributed by atoms with Crippen LogP contribution in [0.4, 0.5) is 0 Å². The summed E-state index contributed by atoms with van der Waals surface area (Å²) in [5.41, 5.74) is 1.68. The highest BCUT2D eigenvalue weighted by Gasteiger charge is 2.64. The molecule has 2 heterocycles. The van der Waals surface area contributed by atoms with Gasteiger partial charge in [0.25, 0.3) is 0 Å². The molecule has 0 aromatic carbocycles. The molecule has 3 nitrogen and oxygen atoms in total. The first-order valence-corrected chi connectivity index (χ1v) is 9.38. The fourth-order valence-electron chi connectivity index (χ4n) is 4.89. The van der Waals surface area contributed by atoms with Gasteiger partial charge < -0.3 is 10.1 Å². The van der Waals surface area contributed by atoms with E-state index in [1.807, 2.05) is 0 Å². The number of rotatable bonds is 4. The van der Waals surface area contributed by atoms with Gasteiger partial charge in [-0.15, -0.1) is 11.3 Å². The van der Waals surface area contributed by atoms with Gasteiger partial charge in [-0.2, -0.15) is 0 Å². The maximum Gasteiger partial charge on any atom is 0.0954 e. The van der Waals surface area contributed by atoms with E-state index in [1.54, 1.807) is 11.3 Å². The molecule has 0 bridgehead atoms. The van der Waals surface area contributed by atoms with Crippen LogP contribution in [0.25, 0.3) is 0 Å². The molecule has 0 amide bonds. The van der Waals surface area contributed by atoms with Crippen LogP contribution >= 0.6 is 11.3 Å². The van der Waals surface area contributed by atoms with Crippen LogP contribution in [-0.2, 0) is 11.3 Å². The number of fused-ring (bicyclic) bond motifs is 2. The molecular formula is C17H26N2OS. The van der Waals surface area contributed by atoms with Crippen LogP contribution in [0.15, 0.2) is 5.38 Å². The number of nitrogens with zero attached hydrogens (tertiary/aromatic N) is 1. The van der Waals surface area contributed by atoms with Crippen molar-refractivity contribution in [2.45, 2.75) is 70.6 Å². The van der Waals surface area contributed by atoms with E-state index in [1.165, 1.54) is 42.8 Å². The number of aromatic nitrogens is 1. The average molecular weight is 306 g/mol. The second kappa shape index (κ2) is 5.32. The zero-order chi connectivity index (χ0) is 14.4. The van der Waals surface area contributed by atoms with Crippen molar-refractivity contribution < 1.29 is 4.74 Å². The third-order valence-corrected chi connectivity index (χ3v) is 7.05. The van der Waals surface area contributed by atoms with Gasteiger partial charge in [-0.3, -0.25) is 0 Å². The van der Waals surface area contributed by atoms with Gasteiger partial charge in [0, 0.05) is 41.8 Å². The normalized spacial score (nSPS) is 33.6. The fourth-order valence-corrected chi connectivity index (χ4v) is 5.73. The Balaban J connectivity index is 1.43. The Morgan fingerprint density at radius 1 is 1.43 bits per heavy atom. The van der Waals surface area contributed by atoms with Crippen molar-refractivity contribution in [3.63, 3.8) is 0 Å². The molecule has 1 saturated heterocycles. The van der Waals surface area contributed by atoms with Gasteiger partial charge >= 0.3 is 0 Å². The summed E-state index contributed by atoms with van der Waals surface area (Å²) in [6, 6.07) is 0.664. The first-order valence-electron chi connectivity index (χ1n) is 8.50. The average Bonchev–Trinajstić information content (AvgIpc) is 3.18. The van der Waals surface area contributed by atoms with Gasteiger partial charge in [-0.1, -0.05) is 26.7 Å². The van der Waals surface area contributed by atoms with E-state index in [9.17, 15) is 0 Å². The zero-order valence-corrected chi connectivity index (χ0v) is 13.9. The first-order chi connectivity index (χ1) is 10.2. The molecule has 1 aliphatic heterocycles. The number of ether oxygens (including phenoxy) is 1. The van der Waals surface area contributed by atoms with E-state index < -0.39 is 0 Å². The minimum atomic E-state index is 0.456. The monoisotopic (exact) mass is 306 g/mol. The van der Waals surface area contributed by atoms with Crippen LogP contribution in [0, 0.1) is 11.3 Å². The van der Waals surface area contributed by atoms with Crippen LogP contribution in [0.2, 0.25) is 0 Å². The summed E-state index contributed by atoms with van der Waals surface area (Å²) in [6.07, 6.45) is 7.30. The fraction of sp³-hybridized carbons (Fsp3) is 0.824. The van der Waals surface area contributed by atoms with Crippen molar-refractivity contribution in [3.8, 4) is 0 Å². The van der Waals surface area contributed by atoms with E-state index in [2.05, 4.69) is 24.5 Å². The summed E-state index contributed by atoms with van der Waals surface area (Å²) in [5, 5.41) is 7.35. The molecule has 2 saturated carbocycles. The second-order valence-electron chi connectivity index (χ2n) is 7.37. The summed E-state index contributed by atoms with van der Waals surface area (Å²) >= 11 is 1.80. The van der Waals surface area contributed by atoms with Gasteiger partial charge in [0.1, 0.15) is 0 Å². The maximum absolute atomic E-state index is 6.05. The molecule has 3 unspecified atom stereocenters. The van der Waals surface area contributed by atoms with E-state index in [0.717, 1.165) is 19.1 Å². The van der Waals surface area contributed by atoms with E-state index in [-0.39, 0.29) is 0 Å². The highest BCUT2D eigenvalue weighted by atomic mass is 32.1. The van der Waals surface area contributed by atoms with Crippen molar-refractivity contribution in [2.75, 3.05) is 6.61 Å². The summed E-state index contributed by atoms with van der Waals surface area (Å²) in [4.78, 5) is 4.77. The van der Waals surface area contributed by atoms with Gasteiger partial charge in [-0.05, 0) is 19.3 Å². The third kappa shape index (κ3) is 2.18. The summed E-state index contributed by atoms with van der Waals surface area (Å²) in [7, 11) is 0.